The van der Waals surface area contributed by atoms with Gasteiger partial charge in [0.05, 0.1) is 17.8 Å². The maximum absolute atomic E-state index is 11.7. The number of ether oxygens (including phenoxy) is 1. The molecule has 0 atom stereocenters. The average molecular weight is 278 g/mol. The topological polar surface area (TPSA) is 62.1 Å². The Balaban J connectivity index is 2.30. The predicted molar refractivity (Wildman–Crippen MR) is 75.1 cm³/mol. The largest absolute Gasteiger partial charge is 0.370 e. The van der Waals surface area contributed by atoms with E-state index in [-0.39, 0.29) is 11.5 Å². The van der Waals surface area contributed by atoms with Crippen LogP contribution in [0, 0.1) is 11.3 Å². The van der Waals surface area contributed by atoms with Crippen LogP contribution >= 0.6 is 11.3 Å². The number of hydrogen-bond donors (Lipinski definition) is 1. The molecule has 0 aromatic carbocycles. The number of hydrogen-bond acceptors (Lipinski definition) is 4. The third-order valence-corrected chi connectivity index (χ3v) is 4.25. The van der Waals surface area contributed by atoms with Gasteiger partial charge in [-0.2, -0.15) is 5.26 Å². The van der Waals surface area contributed by atoms with E-state index >= 15 is 0 Å². The van der Waals surface area contributed by atoms with Gasteiger partial charge in [-0.1, -0.05) is 6.92 Å². The van der Waals surface area contributed by atoms with Crippen molar-refractivity contribution in [3.63, 3.8) is 0 Å². The minimum atomic E-state index is -0.246. The van der Waals surface area contributed by atoms with E-state index in [0.717, 1.165) is 16.9 Å². The maximum atomic E-state index is 11.7. The van der Waals surface area contributed by atoms with Crippen molar-refractivity contribution in [2.24, 2.45) is 0 Å². The second-order valence-corrected chi connectivity index (χ2v) is 6.45. The summed E-state index contributed by atoms with van der Waals surface area (Å²) < 4.78 is 5.75. The fourth-order valence-corrected chi connectivity index (χ4v) is 3.27. The Bertz CT molecular complexity index is 540. The third kappa shape index (κ3) is 2.96. The second kappa shape index (κ2) is 5.32. The molecule has 1 aromatic rings. The summed E-state index contributed by atoms with van der Waals surface area (Å²) in [5.74, 6) is -0.0298. The molecule has 4 nitrogen and oxygen atoms in total. The number of rotatable bonds is 3. The van der Waals surface area contributed by atoms with Gasteiger partial charge in [-0.3, -0.25) is 4.79 Å². The summed E-state index contributed by atoms with van der Waals surface area (Å²) in [7, 11) is 0. The van der Waals surface area contributed by atoms with Gasteiger partial charge in [0, 0.05) is 17.7 Å². The fourth-order valence-electron chi connectivity index (χ4n) is 2.18. The third-order valence-electron chi connectivity index (χ3n) is 3.13. The molecule has 0 aliphatic carbocycles. The van der Waals surface area contributed by atoms with Crippen molar-refractivity contribution >= 4 is 22.2 Å². The van der Waals surface area contributed by atoms with E-state index in [1.807, 2.05) is 20.8 Å². The Labute approximate surface area is 117 Å². The van der Waals surface area contributed by atoms with Crippen LogP contribution in [0.4, 0.5) is 5.00 Å². The van der Waals surface area contributed by atoms with Crippen molar-refractivity contribution in [1.82, 2.24) is 0 Å². The molecule has 102 valence electrons. The van der Waals surface area contributed by atoms with E-state index in [4.69, 9.17) is 4.74 Å². The molecule has 0 saturated heterocycles. The molecule has 0 spiro atoms. The van der Waals surface area contributed by atoms with Crippen LogP contribution in [0.2, 0.25) is 0 Å². The van der Waals surface area contributed by atoms with Gasteiger partial charge in [0.25, 0.3) is 0 Å². The molecule has 1 amide bonds. The molecule has 0 fully saturated rings. The Hall–Kier alpha value is -1.38. The molecule has 0 bridgehead atoms. The smallest absolute Gasteiger partial charge is 0.224 e. The maximum Gasteiger partial charge on any atom is 0.224 e. The molecule has 0 unspecified atom stereocenters. The van der Waals surface area contributed by atoms with Gasteiger partial charge < -0.3 is 10.1 Å². The highest BCUT2D eigenvalue weighted by molar-refractivity contribution is 7.16. The van der Waals surface area contributed by atoms with Crippen molar-refractivity contribution in [2.45, 2.75) is 52.2 Å². The molecular formula is C14H18N2O2S. The molecule has 1 aromatic heterocycles. The lowest BCUT2D eigenvalue weighted by Gasteiger charge is -2.29. The molecule has 1 N–H and O–H groups in total. The van der Waals surface area contributed by atoms with Crippen molar-refractivity contribution in [1.29, 1.82) is 5.26 Å². The first kappa shape index (κ1) is 14.0. The minimum Gasteiger partial charge on any atom is -0.370 e. The van der Waals surface area contributed by atoms with E-state index in [2.05, 4.69) is 11.4 Å². The van der Waals surface area contributed by atoms with Crippen molar-refractivity contribution in [3.05, 3.63) is 16.0 Å². The lowest BCUT2D eigenvalue weighted by Crippen LogP contribution is -2.31. The van der Waals surface area contributed by atoms with Gasteiger partial charge in [0.2, 0.25) is 5.91 Å². The van der Waals surface area contributed by atoms with Crippen LogP contribution in [0.1, 0.15) is 49.6 Å². The lowest BCUT2D eigenvalue weighted by molar-refractivity contribution is -0.116. The van der Waals surface area contributed by atoms with E-state index in [1.165, 1.54) is 11.3 Å². The summed E-state index contributed by atoms with van der Waals surface area (Å²) in [6.45, 7) is 6.51. The quantitative estimate of drug-likeness (QED) is 0.923. The number of nitrogens with one attached hydrogen (secondary N) is 1. The number of carbonyl (C=O) groups excluding carboxylic acids is 1. The molecule has 0 radical (unpaired) electrons. The highest BCUT2D eigenvalue weighted by atomic mass is 32.1. The van der Waals surface area contributed by atoms with Gasteiger partial charge in [-0.05, 0) is 25.8 Å². The second-order valence-electron chi connectivity index (χ2n) is 5.34. The Morgan fingerprint density at radius 3 is 2.95 bits per heavy atom. The van der Waals surface area contributed by atoms with E-state index < -0.39 is 0 Å². The van der Waals surface area contributed by atoms with Crippen LogP contribution in [-0.4, -0.2) is 11.5 Å². The summed E-state index contributed by atoms with van der Waals surface area (Å²) >= 11 is 1.46. The number of anilines is 1. The fraction of sp³-hybridized carbons (Fsp3) is 0.571. The first-order chi connectivity index (χ1) is 8.96. The van der Waals surface area contributed by atoms with Gasteiger partial charge >= 0.3 is 0 Å². The molecule has 2 heterocycles. The number of thiophene rings is 1. The zero-order chi connectivity index (χ0) is 14.0. The van der Waals surface area contributed by atoms with Crippen molar-refractivity contribution < 1.29 is 9.53 Å². The van der Waals surface area contributed by atoms with Gasteiger partial charge in [0.1, 0.15) is 11.1 Å². The van der Waals surface area contributed by atoms with Crippen LogP contribution < -0.4 is 5.32 Å². The SMILES string of the molecule is CCCC(=O)Nc1sc2c(c1C#N)CC(C)(C)OC2. The molecule has 5 heteroatoms. The lowest BCUT2D eigenvalue weighted by atomic mass is 9.93. The normalized spacial score (nSPS) is 16.5. The zero-order valence-corrected chi connectivity index (χ0v) is 12.3. The zero-order valence-electron chi connectivity index (χ0n) is 11.5. The standard InChI is InChI=1S/C14H18N2O2S/c1-4-5-12(17)16-13-10(7-15)9-6-14(2,3)18-8-11(9)19-13/h4-6,8H2,1-3H3,(H,16,17). The van der Waals surface area contributed by atoms with Gasteiger partial charge in [0.15, 0.2) is 0 Å². The molecule has 0 saturated carbocycles. The molecule has 1 aliphatic heterocycles. The highest BCUT2D eigenvalue weighted by Crippen LogP contribution is 2.39. The Morgan fingerprint density at radius 2 is 2.32 bits per heavy atom. The first-order valence-corrected chi connectivity index (χ1v) is 7.27. The molecule has 1 aliphatic rings. The highest BCUT2D eigenvalue weighted by Gasteiger charge is 2.31. The van der Waals surface area contributed by atoms with Crippen LogP contribution in [0.3, 0.4) is 0 Å². The number of nitrogens with zero attached hydrogens (tertiary/aromatic N) is 1. The van der Waals surface area contributed by atoms with E-state index in [9.17, 15) is 10.1 Å². The van der Waals surface area contributed by atoms with E-state index in [1.54, 1.807) is 0 Å². The summed E-state index contributed by atoms with van der Waals surface area (Å²) in [4.78, 5) is 12.7. The molecule has 19 heavy (non-hydrogen) atoms. The van der Waals surface area contributed by atoms with Gasteiger partial charge in [-0.15, -0.1) is 11.3 Å². The van der Waals surface area contributed by atoms with Crippen molar-refractivity contribution in [3.8, 4) is 6.07 Å². The summed E-state index contributed by atoms with van der Waals surface area (Å²) in [5.41, 5.74) is 1.40. The number of amides is 1. The molecular weight excluding hydrogens is 260 g/mol. The summed E-state index contributed by atoms with van der Waals surface area (Å²) in [5, 5.41) is 12.9. The van der Waals surface area contributed by atoms with Crippen molar-refractivity contribution in [2.75, 3.05) is 5.32 Å². The summed E-state index contributed by atoms with van der Waals surface area (Å²) in [6.07, 6.45) is 2.00. The molecule has 2 rings (SSSR count). The monoisotopic (exact) mass is 278 g/mol. The first-order valence-electron chi connectivity index (χ1n) is 6.45. The predicted octanol–water partition coefficient (Wildman–Crippen LogP) is 3.21. The number of carbonyl (C=O) groups is 1. The van der Waals surface area contributed by atoms with Crippen LogP contribution in [0.15, 0.2) is 0 Å². The Morgan fingerprint density at radius 1 is 1.58 bits per heavy atom. The Kier molecular flexibility index (Phi) is 3.93. The van der Waals surface area contributed by atoms with E-state index in [0.29, 0.717) is 30.0 Å². The average Bonchev–Trinajstić information content (AvgIpc) is 2.64. The number of fused-ring (bicyclic) bond motifs is 1. The number of nitriles is 1. The minimum absolute atomic E-state index is 0.0298. The van der Waals surface area contributed by atoms with Gasteiger partial charge in [-0.25, -0.2) is 0 Å². The van der Waals surface area contributed by atoms with Crippen LogP contribution in [0.5, 0.6) is 0 Å². The van der Waals surface area contributed by atoms with Crippen LogP contribution in [0.25, 0.3) is 0 Å². The van der Waals surface area contributed by atoms with Crippen LogP contribution in [-0.2, 0) is 22.6 Å². The summed E-state index contributed by atoms with van der Waals surface area (Å²) in [6, 6.07) is 2.23.